The third kappa shape index (κ3) is 4.24. The molecule has 116 valence electrons. The van der Waals surface area contributed by atoms with Gasteiger partial charge in [-0.05, 0) is 55.5 Å². The van der Waals surface area contributed by atoms with E-state index in [1.165, 1.54) is 27.8 Å². The molecule has 0 atom stereocenters. The minimum absolute atomic E-state index is 0.801. The van der Waals surface area contributed by atoms with Gasteiger partial charge in [-0.3, -0.25) is 0 Å². The number of rotatable bonds is 6. The lowest BCUT2D eigenvalue weighted by atomic mass is 10.0. The molecule has 0 saturated carbocycles. The lowest BCUT2D eigenvalue weighted by Crippen LogP contribution is -2.00. The lowest BCUT2D eigenvalue weighted by molar-refractivity contribution is 0.307. The van der Waals surface area contributed by atoms with Gasteiger partial charge in [0, 0.05) is 0 Å². The predicted octanol–water partition coefficient (Wildman–Crippen LogP) is 5.96. The topological polar surface area (TPSA) is 9.23 Å². The molecule has 0 bridgehead atoms. The molecule has 2 aromatic carbocycles. The zero-order chi connectivity index (χ0) is 15.9. The Labute approximate surface area is 134 Å². The standard InChI is InChI=1S/C21H26O/c1-5-6-15-22-21-14-13-20(17(3)18(21)4)12-11-19-9-7-16(2)8-10-19/h7-14H,5-6,15H2,1-4H3. The van der Waals surface area contributed by atoms with Crippen molar-refractivity contribution in [1.29, 1.82) is 0 Å². The molecule has 22 heavy (non-hydrogen) atoms. The summed E-state index contributed by atoms with van der Waals surface area (Å²) in [5.74, 6) is 1.01. The van der Waals surface area contributed by atoms with Crippen LogP contribution in [-0.4, -0.2) is 6.61 Å². The van der Waals surface area contributed by atoms with E-state index >= 15 is 0 Å². The quantitative estimate of drug-likeness (QED) is 0.471. The number of hydrogen-bond acceptors (Lipinski definition) is 1. The second-order valence-corrected chi connectivity index (χ2v) is 5.85. The smallest absolute Gasteiger partial charge is 0.122 e. The fourth-order valence-corrected chi connectivity index (χ4v) is 2.34. The minimum atomic E-state index is 0.801. The van der Waals surface area contributed by atoms with Gasteiger partial charge in [0.2, 0.25) is 0 Å². The highest BCUT2D eigenvalue weighted by atomic mass is 16.5. The molecule has 0 radical (unpaired) electrons. The van der Waals surface area contributed by atoms with Crippen LogP contribution in [0, 0.1) is 20.8 Å². The number of ether oxygens (including phenoxy) is 1. The molecule has 0 aliphatic heterocycles. The lowest BCUT2D eigenvalue weighted by Gasteiger charge is -2.12. The van der Waals surface area contributed by atoms with Crippen LogP contribution in [-0.2, 0) is 0 Å². The Morgan fingerprint density at radius 3 is 2.27 bits per heavy atom. The van der Waals surface area contributed by atoms with Crippen molar-refractivity contribution >= 4 is 12.2 Å². The minimum Gasteiger partial charge on any atom is -0.493 e. The van der Waals surface area contributed by atoms with E-state index in [1.54, 1.807) is 0 Å². The first kappa shape index (κ1) is 16.4. The second kappa shape index (κ2) is 7.84. The van der Waals surface area contributed by atoms with Gasteiger partial charge < -0.3 is 4.74 Å². The monoisotopic (exact) mass is 294 g/mol. The van der Waals surface area contributed by atoms with Crippen LogP contribution < -0.4 is 4.74 Å². The number of unbranched alkanes of at least 4 members (excludes halogenated alkanes) is 1. The molecule has 1 nitrogen and oxygen atoms in total. The van der Waals surface area contributed by atoms with Crippen LogP contribution in [0.3, 0.4) is 0 Å². The molecular weight excluding hydrogens is 268 g/mol. The number of aryl methyl sites for hydroxylation is 1. The molecule has 0 amide bonds. The van der Waals surface area contributed by atoms with Crippen LogP contribution in [0.2, 0.25) is 0 Å². The zero-order valence-electron chi connectivity index (χ0n) is 14.1. The maximum Gasteiger partial charge on any atom is 0.122 e. The van der Waals surface area contributed by atoms with E-state index in [0.717, 1.165) is 25.2 Å². The Morgan fingerprint density at radius 2 is 1.59 bits per heavy atom. The molecule has 0 fully saturated rings. The van der Waals surface area contributed by atoms with Crippen molar-refractivity contribution in [2.75, 3.05) is 6.61 Å². The molecule has 1 heteroatoms. The average molecular weight is 294 g/mol. The average Bonchev–Trinajstić information content (AvgIpc) is 2.52. The van der Waals surface area contributed by atoms with Crippen molar-refractivity contribution in [3.05, 3.63) is 64.2 Å². The molecule has 2 aromatic rings. The van der Waals surface area contributed by atoms with E-state index in [4.69, 9.17) is 4.74 Å². The summed E-state index contributed by atoms with van der Waals surface area (Å²) in [7, 11) is 0. The predicted molar refractivity (Wildman–Crippen MR) is 96.4 cm³/mol. The van der Waals surface area contributed by atoms with Crippen molar-refractivity contribution in [2.45, 2.75) is 40.5 Å². The van der Waals surface area contributed by atoms with Gasteiger partial charge in [0.1, 0.15) is 5.75 Å². The molecule has 0 aliphatic rings. The van der Waals surface area contributed by atoms with Crippen LogP contribution in [0.15, 0.2) is 36.4 Å². The van der Waals surface area contributed by atoms with E-state index in [0.29, 0.717) is 0 Å². The molecule has 0 N–H and O–H groups in total. The molecule has 0 unspecified atom stereocenters. The Bertz CT molecular complexity index is 636. The normalized spacial score (nSPS) is 11.1. The summed E-state index contributed by atoms with van der Waals surface area (Å²) in [4.78, 5) is 0. The Kier molecular flexibility index (Phi) is 5.83. The van der Waals surface area contributed by atoms with Crippen molar-refractivity contribution in [1.82, 2.24) is 0 Å². The molecule has 2 rings (SSSR count). The van der Waals surface area contributed by atoms with Crippen LogP contribution >= 0.6 is 0 Å². The van der Waals surface area contributed by atoms with E-state index in [1.807, 2.05) is 0 Å². The van der Waals surface area contributed by atoms with E-state index in [9.17, 15) is 0 Å². The largest absolute Gasteiger partial charge is 0.493 e. The maximum absolute atomic E-state index is 5.86. The molecule has 0 saturated heterocycles. The van der Waals surface area contributed by atoms with Crippen molar-refractivity contribution in [3.8, 4) is 5.75 Å². The van der Waals surface area contributed by atoms with Gasteiger partial charge in [0.15, 0.2) is 0 Å². The fourth-order valence-electron chi connectivity index (χ4n) is 2.34. The first-order valence-corrected chi connectivity index (χ1v) is 8.09. The van der Waals surface area contributed by atoms with Gasteiger partial charge in [-0.1, -0.05) is 61.4 Å². The van der Waals surface area contributed by atoms with Crippen molar-refractivity contribution < 1.29 is 4.74 Å². The van der Waals surface area contributed by atoms with Crippen LogP contribution in [0.5, 0.6) is 5.75 Å². The second-order valence-electron chi connectivity index (χ2n) is 5.85. The summed E-state index contributed by atoms with van der Waals surface area (Å²) in [6.07, 6.45) is 6.62. The molecule has 0 aliphatic carbocycles. The van der Waals surface area contributed by atoms with E-state index < -0.39 is 0 Å². The van der Waals surface area contributed by atoms with Gasteiger partial charge in [0.25, 0.3) is 0 Å². The highest BCUT2D eigenvalue weighted by Gasteiger charge is 2.05. The molecular formula is C21H26O. The fraction of sp³-hybridized carbons (Fsp3) is 0.333. The van der Waals surface area contributed by atoms with Gasteiger partial charge >= 0.3 is 0 Å². The van der Waals surface area contributed by atoms with Gasteiger partial charge in [-0.25, -0.2) is 0 Å². The number of hydrogen-bond donors (Lipinski definition) is 0. The van der Waals surface area contributed by atoms with Gasteiger partial charge in [0.05, 0.1) is 6.61 Å². The molecule has 0 heterocycles. The van der Waals surface area contributed by atoms with Crippen LogP contribution in [0.1, 0.15) is 47.6 Å². The Balaban J connectivity index is 2.14. The van der Waals surface area contributed by atoms with E-state index in [-0.39, 0.29) is 0 Å². The third-order valence-corrected chi connectivity index (χ3v) is 4.07. The van der Waals surface area contributed by atoms with Gasteiger partial charge in [-0.2, -0.15) is 0 Å². The van der Waals surface area contributed by atoms with Gasteiger partial charge in [-0.15, -0.1) is 0 Å². The molecule has 0 spiro atoms. The highest BCUT2D eigenvalue weighted by molar-refractivity contribution is 5.72. The van der Waals surface area contributed by atoms with Crippen LogP contribution in [0.25, 0.3) is 12.2 Å². The van der Waals surface area contributed by atoms with Crippen molar-refractivity contribution in [3.63, 3.8) is 0 Å². The Morgan fingerprint density at radius 1 is 0.864 bits per heavy atom. The first-order chi connectivity index (χ1) is 10.6. The first-order valence-electron chi connectivity index (χ1n) is 8.09. The van der Waals surface area contributed by atoms with Crippen LogP contribution in [0.4, 0.5) is 0 Å². The summed E-state index contributed by atoms with van der Waals surface area (Å²) >= 11 is 0. The third-order valence-electron chi connectivity index (χ3n) is 4.07. The van der Waals surface area contributed by atoms with Crippen molar-refractivity contribution in [2.24, 2.45) is 0 Å². The summed E-state index contributed by atoms with van der Waals surface area (Å²) in [6.45, 7) is 9.39. The molecule has 0 aromatic heterocycles. The zero-order valence-corrected chi connectivity index (χ0v) is 14.1. The maximum atomic E-state index is 5.86. The summed E-state index contributed by atoms with van der Waals surface area (Å²) in [5, 5.41) is 0. The summed E-state index contributed by atoms with van der Waals surface area (Å²) in [5.41, 5.74) is 6.30. The SMILES string of the molecule is CCCCOc1ccc(C=Cc2ccc(C)cc2)c(C)c1C. The highest BCUT2D eigenvalue weighted by Crippen LogP contribution is 2.26. The summed E-state index contributed by atoms with van der Waals surface area (Å²) in [6, 6.07) is 12.8. The summed E-state index contributed by atoms with van der Waals surface area (Å²) < 4.78 is 5.86. The van der Waals surface area contributed by atoms with E-state index in [2.05, 4.69) is 76.2 Å². The number of benzene rings is 2. The Hall–Kier alpha value is -2.02.